The minimum Gasteiger partial charge on any atom is -0.326 e. The number of aromatic nitrogens is 2. The summed E-state index contributed by atoms with van der Waals surface area (Å²) in [5.41, 5.74) is 3.29. The molecule has 0 atom stereocenters. The second-order valence-electron chi connectivity index (χ2n) is 7.97. The van der Waals surface area contributed by atoms with Crippen LogP contribution in [0.3, 0.4) is 0 Å². The van der Waals surface area contributed by atoms with Gasteiger partial charge >= 0.3 is 0 Å². The summed E-state index contributed by atoms with van der Waals surface area (Å²) >= 11 is 0. The Bertz CT molecular complexity index is 1310. The van der Waals surface area contributed by atoms with Gasteiger partial charge < -0.3 is 10.6 Å². The lowest BCUT2D eigenvalue weighted by Crippen LogP contribution is -2.16. The Morgan fingerprint density at radius 3 is 1.18 bits per heavy atom. The lowest BCUT2D eigenvalue weighted by molar-refractivity contribution is -0.116. The fourth-order valence-electron chi connectivity index (χ4n) is 4.29. The van der Waals surface area contributed by atoms with Gasteiger partial charge in [-0.05, 0) is 56.9 Å². The Kier molecular flexibility index (Phi) is 5.95. The van der Waals surface area contributed by atoms with E-state index < -0.39 is 0 Å². The molecule has 0 saturated carbocycles. The van der Waals surface area contributed by atoms with Crippen LogP contribution in [0.15, 0.2) is 97.6 Å². The highest BCUT2D eigenvalue weighted by atomic mass is 16.2. The summed E-state index contributed by atoms with van der Waals surface area (Å²) < 4.78 is 0. The molecule has 2 heterocycles. The Morgan fingerprint density at radius 1 is 0.529 bits per heavy atom. The van der Waals surface area contributed by atoms with Gasteiger partial charge in [0.05, 0.1) is 12.8 Å². The van der Waals surface area contributed by atoms with Gasteiger partial charge in [0.25, 0.3) is 0 Å². The van der Waals surface area contributed by atoms with E-state index in [1.807, 2.05) is 48.5 Å². The van der Waals surface area contributed by atoms with Crippen molar-refractivity contribution >= 4 is 44.7 Å². The maximum atomic E-state index is 12.9. The number of fused-ring (bicyclic) bond motifs is 2. The minimum absolute atomic E-state index is 0.107. The van der Waals surface area contributed by atoms with Crippen LogP contribution in [-0.4, -0.2) is 21.8 Å². The lowest BCUT2D eigenvalue weighted by atomic mass is 9.89. The SMILES string of the molecule is O=C(Cc1c2ccccc2c(CC(=O)Nc2ccncc2)c2ccccc12)Nc1ccncc1. The molecule has 34 heavy (non-hydrogen) atoms. The molecule has 3 aromatic carbocycles. The molecule has 0 bridgehead atoms. The summed E-state index contributed by atoms with van der Waals surface area (Å²) in [6.45, 7) is 0. The van der Waals surface area contributed by atoms with Crippen LogP contribution < -0.4 is 10.6 Å². The number of hydrogen-bond acceptors (Lipinski definition) is 4. The quantitative estimate of drug-likeness (QED) is 0.354. The monoisotopic (exact) mass is 446 g/mol. The summed E-state index contributed by atoms with van der Waals surface area (Å²) in [4.78, 5) is 33.9. The number of amides is 2. The van der Waals surface area contributed by atoms with Crippen molar-refractivity contribution in [2.45, 2.75) is 12.8 Å². The second-order valence-corrected chi connectivity index (χ2v) is 7.97. The van der Waals surface area contributed by atoms with E-state index >= 15 is 0 Å². The molecule has 0 aliphatic carbocycles. The first kappa shape index (κ1) is 21.3. The van der Waals surface area contributed by atoms with E-state index in [1.165, 1.54) is 0 Å². The van der Waals surface area contributed by atoms with Crippen LogP contribution in [0.4, 0.5) is 11.4 Å². The maximum Gasteiger partial charge on any atom is 0.228 e. The van der Waals surface area contributed by atoms with E-state index in [2.05, 4.69) is 20.6 Å². The molecule has 0 aliphatic heterocycles. The van der Waals surface area contributed by atoms with Crippen LogP contribution in [0.1, 0.15) is 11.1 Å². The zero-order valence-electron chi connectivity index (χ0n) is 18.4. The molecule has 5 rings (SSSR count). The van der Waals surface area contributed by atoms with Crippen molar-refractivity contribution in [1.29, 1.82) is 0 Å². The molecule has 2 aromatic heterocycles. The Labute approximate surface area is 196 Å². The summed E-state index contributed by atoms with van der Waals surface area (Å²) in [6.07, 6.45) is 7.01. The predicted octanol–water partition coefficient (Wildman–Crippen LogP) is 5.15. The van der Waals surface area contributed by atoms with E-state index in [-0.39, 0.29) is 24.7 Å². The number of carbonyl (C=O) groups excluding carboxylic acids is 2. The van der Waals surface area contributed by atoms with Crippen molar-refractivity contribution < 1.29 is 9.59 Å². The van der Waals surface area contributed by atoms with Crippen LogP contribution >= 0.6 is 0 Å². The third kappa shape index (κ3) is 4.47. The van der Waals surface area contributed by atoms with E-state index in [0.717, 1.165) is 32.7 Å². The van der Waals surface area contributed by atoms with Gasteiger partial charge in [0.1, 0.15) is 0 Å². The van der Waals surface area contributed by atoms with Gasteiger partial charge in [0, 0.05) is 36.2 Å². The summed E-state index contributed by atoms with van der Waals surface area (Å²) in [5, 5.41) is 9.77. The van der Waals surface area contributed by atoms with Crippen LogP contribution in [0.25, 0.3) is 21.5 Å². The van der Waals surface area contributed by atoms with Crippen molar-refractivity contribution in [2.24, 2.45) is 0 Å². The molecule has 0 spiro atoms. The average Bonchev–Trinajstić information content (AvgIpc) is 2.87. The highest BCUT2D eigenvalue weighted by molar-refractivity contribution is 6.10. The zero-order valence-corrected chi connectivity index (χ0v) is 18.4. The highest BCUT2D eigenvalue weighted by Crippen LogP contribution is 2.34. The van der Waals surface area contributed by atoms with Gasteiger partial charge in [0.15, 0.2) is 0 Å². The third-order valence-electron chi connectivity index (χ3n) is 5.76. The summed E-state index contributed by atoms with van der Waals surface area (Å²) in [7, 11) is 0. The molecule has 0 radical (unpaired) electrons. The number of hydrogen-bond donors (Lipinski definition) is 2. The summed E-state index contributed by atoms with van der Waals surface area (Å²) in [5.74, 6) is -0.214. The van der Waals surface area contributed by atoms with Crippen LogP contribution in [-0.2, 0) is 22.4 Å². The van der Waals surface area contributed by atoms with E-state index in [1.54, 1.807) is 49.1 Å². The van der Waals surface area contributed by atoms with E-state index in [9.17, 15) is 9.59 Å². The molecule has 2 amide bonds. The van der Waals surface area contributed by atoms with Crippen molar-refractivity contribution in [3.63, 3.8) is 0 Å². The number of pyridine rings is 2. The fourth-order valence-corrected chi connectivity index (χ4v) is 4.29. The number of benzene rings is 3. The highest BCUT2D eigenvalue weighted by Gasteiger charge is 2.18. The molecule has 2 N–H and O–H groups in total. The Balaban J connectivity index is 1.54. The zero-order chi connectivity index (χ0) is 23.3. The molecule has 0 unspecified atom stereocenters. The van der Waals surface area contributed by atoms with Crippen molar-refractivity contribution in [3.05, 3.63) is 109 Å². The molecule has 6 nitrogen and oxygen atoms in total. The van der Waals surface area contributed by atoms with Crippen molar-refractivity contribution in [1.82, 2.24) is 9.97 Å². The Morgan fingerprint density at radius 2 is 0.853 bits per heavy atom. The number of anilines is 2. The lowest BCUT2D eigenvalue weighted by Gasteiger charge is -2.17. The van der Waals surface area contributed by atoms with E-state index in [4.69, 9.17) is 0 Å². The third-order valence-corrected chi connectivity index (χ3v) is 5.76. The van der Waals surface area contributed by atoms with Crippen molar-refractivity contribution in [2.75, 3.05) is 10.6 Å². The van der Waals surface area contributed by atoms with Gasteiger partial charge in [-0.15, -0.1) is 0 Å². The van der Waals surface area contributed by atoms with Gasteiger partial charge in [-0.25, -0.2) is 0 Å². The minimum atomic E-state index is -0.107. The molecule has 6 heteroatoms. The number of rotatable bonds is 6. The first-order valence-corrected chi connectivity index (χ1v) is 11.0. The topological polar surface area (TPSA) is 84.0 Å². The molecular weight excluding hydrogens is 424 g/mol. The number of nitrogens with zero attached hydrogens (tertiary/aromatic N) is 2. The van der Waals surface area contributed by atoms with Gasteiger partial charge in [-0.3, -0.25) is 19.6 Å². The van der Waals surface area contributed by atoms with Crippen molar-refractivity contribution in [3.8, 4) is 0 Å². The van der Waals surface area contributed by atoms with Gasteiger partial charge in [-0.1, -0.05) is 48.5 Å². The average molecular weight is 447 g/mol. The van der Waals surface area contributed by atoms with Crippen LogP contribution in [0.5, 0.6) is 0 Å². The first-order chi connectivity index (χ1) is 16.7. The second kappa shape index (κ2) is 9.50. The normalized spacial score (nSPS) is 10.8. The summed E-state index contributed by atoms with van der Waals surface area (Å²) in [6, 6.07) is 23.0. The smallest absolute Gasteiger partial charge is 0.228 e. The standard InChI is InChI=1S/C28H22N4O2/c33-27(31-19-9-13-29-14-10-19)17-25-21-5-1-2-6-22(21)26(24-8-4-3-7-23(24)25)18-28(34)32-20-11-15-30-16-12-20/h1-16H,17-18H2,(H,29,31,33)(H,30,32,34). The largest absolute Gasteiger partial charge is 0.326 e. The van der Waals surface area contributed by atoms with Gasteiger partial charge in [0.2, 0.25) is 11.8 Å². The maximum absolute atomic E-state index is 12.9. The molecule has 166 valence electrons. The molecular formula is C28H22N4O2. The fraction of sp³-hybridized carbons (Fsp3) is 0.0714. The number of carbonyl (C=O) groups is 2. The van der Waals surface area contributed by atoms with E-state index in [0.29, 0.717) is 11.4 Å². The van der Waals surface area contributed by atoms with Crippen LogP contribution in [0.2, 0.25) is 0 Å². The number of nitrogens with one attached hydrogen (secondary N) is 2. The molecule has 0 saturated heterocycles. The molecule has 0 fully saturated rings. The predicted molar refractivity (Wildman–Crippen MR) is 135 cm³/mol. The van der Waals surface area contributed by atoms with Gasteiger partial charge in [-0.2, -0.15) is 0 Å². The Hall–Kier alpha value is -4.58. The first-order valence-electron chi connectivity index (χ1n) is 11.0. The van der Waals surface area contributed by atoms with Crippen LogP contribution in [0, 0.1) is 0 Å². The molecule has 5 aromatic rings. The molecule has 0 aliphatic rings.